The number of benzene rings is 2. The van der Waals surface area contributed by atoms with E-state index in [1.807, 2.05) is 30.3 Å². The summed E-state index contributed by atoms with van der Waals surface area (Å²) < 4.78 is 46.0. The molecule has 2 aromatic rings. The van der Waals surface area contributed by atoms with E-state index in [0.29, 0.717) is 26.3 Å². The van der Waals surface area contributed by atoms with Gasteiger partial charge in [0.05, 0.1) is 29.7 Å². The van der Waals surface area contributed by atoms with E-state index in [2.05, 4.69) is 10.2 Å². The monoisotopic (exact) mass is 530 g/mol. The van der Waals surface area contributed by atoms with Crippen molar-refractivity contribution in [1.29, 1.82) is 0 Å². The minimum Gasteiger partial charge on any atom is -0.398 e. The molecule has 4 atom stereocenters. The molecule has 0 aromatic heterocycles. The number of nitrogen functional groups attached to an aromatic ring is 1. The van der Waals surface area contributed by atoms with Gasteiger partial charge >= 0.3 is 6.18 Å². The van der Waals surface area contributed by atoms with Crippen LogP contribution in [0.2, 0.25) is 0 Å². The summed E-state index contributed by atoms with van der Waals surface area (Å²) in [5.74, 6) is -0.369. The summed E-state index contributed by atoms with van der Waals surface area (Å²) in [6.45, 7) is 4.17. The first-order valence-electron chi connectivity index (χ1n) is 13.1. The molecule has 3 fully saturated rings. The average molecular weight is 531 g/mol. The number of nitrogens with two attached hydrogens (primary N) is 1. The quantitative estimate of drug-likeness (QED) is 0.535. The third-order valence-electron chi connectivity index (χ3n) is 8.02. The van der Waals surface area contributed by atoms with Crippen LogP contribution in [0.25, 0.3) is 0 Å². The van der Waals surface area contributed by atoms with Crippen molar-refractivity contribution in [3.8, 4) is 0 Å². The largest absolute Gasteiger partial charge is 0.417 e. The van der Waals surface area contributed by atoms with Gasteiger partial charge in [-0.2, -0.15) is 13.2 Å². The van der Waals surface area contributed by atoms with Gasteiger partial charge in [0.25, 0.3) is 5.91 Å². The van der Waals surface area contributed by atoms with E-state index in [9.17, 15) is 22.8 Å². The molecule has 2 aromatic carbocycles. The molecule has 3 N–H and O–H groups in total. The summed E-state index contributed by atoms with van der Waals surface area (Å²) in [7, 11) is 0. The Kier molecular flexibility index (Phi) is 7.63. The van der Waals surface area contributed by atoms with Gasteiger partial charge in [0.1, 0.15) is 0 Å². The highest BCUT2D eigenvalue weighted by atomic mass is 19.4. The molecule has 5 rings (SSSR count). The first kappa shape index (κ1) is 26.5. The van der Waals surface area contributed by atoms with Crippen molar-refractivity contribution in [2.75, 3.05) is 51.7 Å². The van der Waals surface area contributed by atoms with E-state index in [0.717, 1.165) is 44.1 Å². The van der Waals surface area contributed by atoms with Crippen LogP contribution in [0.4, 0.5) is 18.9 Å². The molecule has 0 bridgehead atoms. The Bertz CT molecular complexity index is 1140. The highest BCUT2D eigenvalue weighted by Crippen LogP contribution is 2.37. The van der Waals surface area contributed by atoms with Gasteiger partial charge in [0.2, 0.25) is 5.91 Å². The second kappa shape index (κ2) is 10.9. The number of nitrogens with zero attached hydrogens (tertiary/aromatic N) is 2. The summed E-state index contributed by atoms with van der Waals surface area (Å²) in [6.07, 6.45) is -3.18. The topological polar surface area (TPSA) is 87.9 Å². The molecule has 204 valence electrons. The lowest BCUT2D eigenvalue weighted by Gasteiger charge is -2.26. The molecule has 3 saturated heterocycles. The normalized spacial score (nSPS) is 24.4. The molecule has 3 heterocycles. The van der Waals surface area contributed by atoms with E-state index in [1.54, 1.807) is 0 Å². The van der Waals surface area contributed by atoms with Crippen LogP contribution in [0, 0.1) is 17.8 Å². The number of anilines is 1. The van der Waals surface area contributed by atoms with Crippen molar-refractivity contribution < 1.29 is 27.5 Å². The van der Waals surface area contributed by atoms with Gasteiger partial charge in [-0.15, -0.1) is 0 Å². The Labute approximate surface area is 220 Å². The fourth-order valence-electron chi connectivity index (χ4n) is 5.99. The molecule has 0 radical (unpaired) electrons. The first-order chi connectivity index (χ1) is 18.2. The Balaban J connectivity index is 1.19. The lowest BCUT2D eigenvalue weighted by atomic mass is 10.0. The zero-order valence-corrected chi connectivity index (χ0v) is 21.1. The molecule has 10 heteroatoms. The fourth-order valence-corrected chi connectivity index (χ4v) is 5.99. The van der Waals surface area contributed by atoms with E-state index >= 15 is 0 Å². The number of nitrogens with one attached hydrogen (secondary N) is 1. The number of carbonyl (C=O) groups is 2. The molecule has 7 nitrogen and oxygen atoms in total. The Morgan fingerprint density at radius 3 is 2.37 bits per heavy atom. The van der Waals surface area contributed by atoms with E-state index < -0.39 is 23.2 Å². The van der Waals surface area contributed by atoms with Crippen LogP contribution in [-0.4, -0.2) is 67.6 Å². The predicted molar refractivity (Wildman–Crippen MR) is 136 cm³/mol. The summed E-state index contributed by atoms with van der Waals surface area (Å²) in [5.41, 5.74) is 5.28. The molecular formula is C28H33F3N4O3. The van der Waals surface area contributed by atoms with Crippen molar-refractivity contribution in [3.63, 3.8) is 0 Å². The third kappa shape index (κ3) is 5.66. The van der Waals surface area contributed by atoms with Crippen molar-refractivity contribution in [3.05, 3.63) is 65.2 Å². The minimum absolute atomic E-state index is 0.0159. The Morgan fingerprint density at radius 1 is 1.03 bits per heavy atom. The number of likely N-dealkylation sites (tertiary alicyclic amines) is 2. The van der Waals surface area contributed by atoms with Crippen LogP contribution in [0.5, 0.6) is 0 Å². The predicted octanol–water partition coefficient (Wildman–Crippen LogP) is 3.58. The number of hydrogen-bond acceptors (Lipinski definition) is 5. The lowest BCUT2D eigenvalue weighted by molar-refractivity contribution is -0.138. The maximum Gasteiger partial charge on any atom is 0.417 e. The molecule has 0 saturated carbocycles. The van der Waals surface area contributed by atoms with Crippen LogP contribution in [-0.2, 0) is 15.7 Å². The standard InChI is InChI=1S/C28H33F3N4O3/c29-28(30,31)22-7-4-8-23(32)25(22)27(37)35-15-20-13-34(14-21(20)16-35)11-9-24(18-5-2-1-3-6-18)33-26(36)19-10-12-38-17-19/h1-8,19-21,24H,9-17,32H2,(H,33,36)/t19?,20?,21?,24-/m0/s1. The summed E-state index contributed by atoms with van der Waals surface area (Å²) in [4.78, 5) is 29.8. The molecule has 0 aliphatic carbocycles. The Morgan fingerprint density at radius 2 is 1.74 bits per heavy atom. The molecular weight excluding hydrogens is 497 g/mol. The smallest absolute Gasteiger partial charge is 0.398 e. The molecule has 2 amide bonds. The van der Waals surface area contributed by atoms with Crippen molar-refractivity contribution in [1.82, 2.24) is 15.1 Å². The van der Waals surface area contributed by atoms with E-state index in [-0.39, 0.29) is 35.4 Å². The lowest BCUT2D eigenvalue weighted by Crippen LogP contribution is -2.37. The van der Waals surface area contributed by atoms with Crippen LogP contribution in [0.1, 0.15) is 40.4 Å². The van der Waals surface area contributed by atoms with Gasteiger partial charge in [0, 0.05) is 45.0 Å². The number of fused-ring (bicyclic) bond motifs is 1. The van der Waals surface area contributed by atoms with Crippen molar-refractivity contribution in [2.45, 2.75) is 25.1 Å². The second-order valence-corrected chi connectivity index (χ2v) is 10.6. The van der Waals surface area contributed by atoms with Crippen LogP contribution in [0.15, 0.2) is 48.5 Å². The maximum atomic E-state index is 13.5. The number of halogens is 3. The molecule has 38 heavy (non-hydrogen) atoms. The molecule has 3 unspecified atom stereocenters. The van der Waals surface area contributed by atoms with Crippen LogP contribution in [0.3, 0.4) is 0 Å². The van der Waals surface area contributed by atoms with Gasteiger partial charge in [-0.25, -0.2) is 0 Å². The van der Waals surface area contributed by atoms with Crippen LogP contribution >= 0.6 is 0 Å². The number of ether oxygens (including phenoxy) is 1. The van der Waals surface area contributed by atoms with Gasteiger partial charge in [-0.05, 0) is 42.4 Å². The highest BCUT2D eigenvalue weighted by Gasteiger charge is 2.44. The first-order valence-corrected chi connectivity index (χ1v) is 13.1. The molecule has 3 aliphatic rings. The number of hydrogen-bond donors (Lipinski definition) is 2. The SMILES string of the molecule is Nc1cccc(C(F)(F)F)c1C(=O)N1CC2CN(CC[C@H](NC(=O)C3CCOC3)c3ccccc3)CC2C1. The van der Waals surface area contributed by atoms with Gasteiger partial charge in [-0.3, -0.25) is 9.59 Å². The molecule has 3 aliphatic heterocycles. The molecule has 0 spiro atoms. The number of amides is 2. The maximum absolute atomic E-state index is 13.5. The highest BCUT2D eigenvalue weighted by molar-refractivity contribution is 6.01. The van der Waals surface area contributed by atoms with E-state index in [1.165, 1.54) is 17.0 Å². The fraction of sp³-hybridized carbons (Fsp3) is 0.500. The van der Waals surface area contributed by atoms with Crippen LogP contribution < -0.4 is 11.1 Å². The summed E-state index contributed by atoms with van der Waals surface area (Å²) in [6, 6.07) is 13.2. The van der Waals surface area contributed by atoms with Gasteiger partial charge < -0.3 is 25.6 Å². The summed E-state index contributed by atoms with van der Waals surface area (Å²) >= 11 is 0. The number of rotatable bonds is 7. The second-order valence-electron chi connectivity index (χ2n) is 10.6. The zero-order valence-electron chi connectivity index (χ0n) is 21.1. The summed E-state index contributed by atoms with van der Waals surface area (Å²) in [5, 5.41) is 3.21. The van der Waals surface area contributed by atoms with Crippen molar-refractivity contribution >= 4 is 17.5 Å². The zero-order chi connectivity index (χ0) is 26.9. The van der Waals surface area contributed by atoms with E-state index in [4.69, 9.17) is 10.5 Å². The third-order valence-corrected chi connectivity index (χ3v) is 8.02. The number of alkyl halides is 3. The number of carbonyl (C=O) groups excluding carboxylic acids is 2. The average Bonchev–Trinajstić information content (AvgIpc) is 3.63. The van der Waals surface area contributed by atoms with Gasteiger partial charge in [-0.1, -0.05) is 36.4 Å². The minimum atomic E-state index is -4.65. The van der Waals surface area contributed by atoms with Crippen molar-refractivity contribution in [2.24, 2.45) is 17.8 Å². The Hall–Kier alpha value is -3.11. The van der Waals surface area contributed by atoms with Gasteiger partial charge in [0.15, 0.2) is 0 Å².